The van der Waals surface area contributed by atoms with E-state index in [1.54, 1.807) is 12.1 Å². The van der Waals surface area contributed by atoms with E-state index >= 15 is 0 Å². The zero-order chi connectivity index (χ0) is 28.6. The molecule has 4 aromatic rings. The predicted octanol–water partition coefficient (Wildman–Crippen LogP) is 4.09. The van der Waals surface area contributed by atoms with Gasteiger partial charge in [0.2, 0.25) is 0 Å². The quantitative estimate of drug-likeness (QED) is 0.279. The first-order chi connectivity index (χ1) is 19.8. The lowest BCUT2D eigenvalue weighted by Crippen LogP contribution is -2.38. The number of aromatic nitrogens is 7. The van der Waals surface area contributed by atoms with Crippen molar-refractivity contribution in [1.29, 1.82) is 0 Å². The van der Waals surface area contributed by atoms with E-state index in [0.29, 0.717) is 77.6 Å². The third-order valence-corrected chi connectivity index (χ3v) is 9.07. The van der Waals surface area contributed by atoms with Crippen molar-refractivity contribution in [3.63, 3.8) is 0 Å². The number of piperidine rings is 1. The van der Waals surface area contributed by atoms with E-state index in [0.717, 1.165) is 4.09 Å². The minimum absolute atomic E-state index is 0.0248. The van der Waals surface area contributed by atoms with E-state index in [1.807, 2.05) is 5.01 Å². The minimum Gasteiger partial charge on any atom is -0.325 e. The van der Waals surface area contributed by atoms with Crippen LogP contribution in [0.2, 0.25) is 0 Å². The number of hydrogen-bond donors (Lipinski definition) is 2. The number of halogens is 3. The topological polar surface area (TPSA) is 136 Å². The minimum atomic E-state index is -3.52. The summed E-state index contributed by atoms with van der Waals surface area (Å²) in [5, 5.41) is 12.6. The summed E-state index contributed by atoms with van der Waals surface area (Å²) < 4.78 is 66.0. The van der Waals surface area contributed by atoms with Crippen LogP contribution in [0.4, 0.5) is 30.5 Å². The van der Waals surface area contributed by atoms with E-state index in [9.17, 15) is 21.6 Å². The van der Waals surface area contributed by atoms with Gasteiger partial charge < -0.3 is 10.7 Å². The maximum absolute atomic E-state index is 13.2. The molecule has 41 heavy (non-hydrogen) atoms. The lowest BCUT2D eigenvalue weighted by atomic mass is 9.99. The van der Waals surface area contributed by atoms with Gasteiger partial charge in [-0.05, 0) is 43.7 Å². The molecule has 1 aliphatic carbocycles. The van der Waals surface area contributed by atoms with Crippen molar-refractivity contribution in [2.75, 3.05) is 30.5 Å². The molecule has 5 heterocycles. The Balaban J connectivity index is 1.25. The molecule has 0 amide bonds. The van der Waals surface area contributed by atoms with Gasteiger partial charge in [0.15, 0.2) is 5.82 Å². The van der Waals surface area contributed by atoms with Gasteiger partial charge in [-0.2, -0.15) is 23.1 Å². The Hall–Kier alpha value is -4.05. The molecule has 4 aromatic heterocycles. The maximum atomic E-state index is 13.2. The Morgan fingerprint density at radius 1 is 1.05 bits per heavy atom. The van der Waals surface area contributed by atoms with Gasteiger partial charge in [0, 0.05) is 43.3 Å². The van der Waals surface area contributed by atoms with Gasteiger partial charge in [-0.3, -0.25) is 4.39 Å². The van der Waals surface area contributed by atoms with Gasteiger partial charge in [-0.15, -0.1) is 0 Å². The summed E-state index contributed by atoms with van der Waals surface area (Å²) in [5.74, 6) is 1.09. The number of nitrogens with zero attached hydrogens (tertiary/aromatic N) is 8. The second-order valence-corrected chi connectivity index (χ2v) is 12.1. The predicted molar refractivity (Wildman–Crippen MR) is 144 cm³/mol. The fourth-order valence-corrected chi connectivity index (χ4v) is 6.03. The summed E-state index contributed by atoms with van der Waals surface area (Å²) >= 11 is 0. The van der Waals surface area contributed by atoms with Crippen LogP contribution >= 0.6 is 0 Å². The molecule has 0 radical (unpaired) electrons. The molecule has 0 bridgehead atoms. The third-order valence-electron chi connectivity index (χ3n) is 7.04. The summed E-state index contributed by atoms with van der Waals surface area (Å²) in [6, 6.07) is 4.82. The van der Waals surface area contributed by atoms with E-state index in [1.165, 1.54) is 37.1 Å². The van der Waals surface area contributed by atoms with Gasteiger partial charge in [-0.25, -0.2) is 33.1 Å². The van der Waals surface area contributed by atoms with Crippen LogP contribution < -0.4 is 10.7 Å². The molecule has 12 nitrogen and oxygen atoms in total. The highest BCUT2D eigenvalue weighted by Crippen LogP contribution is 2.32. The highest BCUT2D eigenvalue weighted by molar-refractivity contribution is 7.90. The second-order valence-electron chi connectivity index (χ2n) is 10.0. The zero-order valence-corrected chi connectivity index (χ0v) is 22.6. The molecule has 216 valence electrons. The van der Waals surface area contributed by atoms with Crippen molar-refractivity contribution in [3.05, 3.63) is 49.2 Å². The number of alkyl halides is 3. The molecule has 0 aromatic carbocycles. The van der Waals surface area contributed by atoms with Crippen molar-refractivity contribution >= 4 is 27.3 Å². The summed E-state index contributed by atoms with van der Waals surface area (Å²) in [7, 11) is -3.52. The Bertz CT molecular complexity index is 1630. The summed E-state index contributed by atoms with van der Waals surface area (Å²) in [6.07, 6.45) is 9.67. The Morgan fingerprint density at radius 3 is 2.56 bits per heavy atom. The third kappa shape index (κ3) is 5.88. The van der Waals surface area contributed by atoms with Gasteiger partial charge in [0.1, 0.15) is 11.6 Å². The molecule has 2 aliphatic rings. The van der Waals surface area contributed by atoms with Crippen molar-refractivity contribution < 1.29 is 21.6 Å². The van der Waals surface area contributed by atoms with Crippen molar-refractivity contribution in [2.24, 2.45) is 5.92 Å². The second kappa shape index (κ2) is 11.1. The van der Waals surface area contributed by atoms with Crippen LogP contribution in [0.5, 0.6) is 0 Å². The normalized spacial score (nSPS) is 16.8. The van der Waals surface area contributed by atoms with E-state index < -0.39 is 21.8 Å². The monoisotopic (exact) mass is 588 g/mol. The van der Waals surface area contributed by atoms with Gasteiger partial charge in [0.05, 0.1) is 41.3 Å². The van der Waals surface area contributed by atoms with E-state index in [4.69, 9.17) is 0 Å². The molecule has 0 atom stereocenters. The molecule has 2 fully saturated rings. The number of hydrazine groups is 1. The smallest absolute Gasteiger partial charge is 0.325 e. The Kier molecular flexibility index (Phi) is 7.33. The van der Waals surface area contributed by atoms with Gasteiger partial charge in [-0.1, -0.05) is 0 Å². The molecular formula is C25H27F3N10O2S. The fourth-order valence-electron chi connectivity index (χ4n) is 4.56. The fraction of sp³-hybridized carbons (Fsp3) is 0.400. The molecule has 6 rings (SSSR count). The first-order valence-corrected chi connectivity index (χ1v) is 14.6. The van der Waals surface area contributed by atoms with Gasteiger partial charge >= 0.3 is 6.55 Å². The number of anilines is 3. The zero-order valence-electron chi connectivity index (χ0n) is 21.7. The summed E-state index contributed by atoms with van der Waals surface area (Å²) in [6.45, 7) is -1.90. The molecule has 0 unspecified atom stereocenters. The number of rotatable bonds is 10. The SMILES string of the molecule is O=S(=O)(C1CC1)n1cc(-c2nccc(Nc3cc(NN4CCC(CF)CC4)c(-c4ccn(C(F)F)n4)cn3)n2)cn1. The Labute approximate surface area is 233 Å². The lowest BCUT2D eigenvalue weighted by molar-refractivity contribution is 0.0568. The molecule has 16 heteroatoms. The molecule has 1 saturated heterocycles. The largest absolute Gasteiger partial charge is 0.333 e. The standard InChI is InChI=1S/C25H27F3N10O2S/c26-12-16-4-8-36(9-5-16)34-21-11-23(30-14-19(21)20-6-10-37(35-20)25(27)28)32-22-3-7-29-24(33-22)17-13-31-38(15-17)41(39,40)18-1-2-18/h3,6-7,10-11,13-16,18,25H,1-2,4-5,8-9,12H2,(H2,29,30,32,33,34). The lowest BCUT2D eigenvalue weighted by Gasteiger charge is -2.32. The summed E-state index contributed by atoms with van der Waals surface area (Å²) in [5.41, 5.74) is 5.15. The van der Waals surface area contributed by atoms with Crippen LogP contribution in [0.25, 0.3) is 22.6 Å². The van der Waals surface area contributed by atoms with E-state index in [-0.39, 0.29) is 18.4 Å². The average Bonchev–Trinajstić information content (AvgIpc) is 3.51. The van der Waals surface area contributed by atoms with Crippen molar-refractivity contribution in [3.8, 4) is 22.6 Å². The molecule has 0 spiro atoms. The molecular weight excluding hydrogens is 561 g/mol. The number of pyridine rings is 1. The first kappa shape index (κ1) is 27.1. The molecule has 1 aliphatic heterocycles. The Morgan fingerprint density at radius 2 is 1.85 bits per heavy atom. The molecule has 1 saturated carbocycles. The van der Waals surface area contributed by atoms with Crippen molar-refractivity contribution in [1.82, 2.24) is 38.9 Å². The summed E-state index contributed by atoms with van der Waals surface area (Å²) in [4.78, 5) is 13.2. The van der Waals surface area contributed by atoms with Crippen LogP contribution in [0.15, 0.2) is 49.2 Å². The van der Waals surface area contributed by atoms with Crippen molar-refractivity contribution in [2.45, 2.75) is 37.5 Å². The number of nitrogens with one attached hydrogen (secondary N) is 2. The first-order valence-electron chi connectivity index (χ1n) is 13.1. The highest BCUT2D eigenvalue weighted by atomic mass is 32.2. The van der Waals surface area contributed by atoms with Crippen LogP contribution in [0, 0.1) is 5.92 Å². The maximum Gasteiger partial charge on any atom is 0.333 e. The van der Waals surface area contributed by atoms with Crippen LogP contribution in [-0.2, 0) is 10.0 Å². The van der Waals surface area contributed by atoms with Crippen LogP contribution in [-0.4, -0.2) is 72.4 Å². The molecule has 2 N–H and O–H groups in total. The van der Waals surface area contributed by atoms with Crippen LogP contribution in [0.3, 0.4) is 0 Å². The van der Waals surface area contributed by atoms with E-state index in [2.05, 4.69) is 35.9 Å². The highest BCUT2D eigenvalue weighted by Gasteiger charge is 2.37. The number of hydrogen-bond acceptors (Lipinski definition) is 10. The van der Waals surface area contributed by atoms with Gasteiger partial charge in [0.25, 0.3) is 10.0 Å². The van der Waals surface area contributed by atoms with Crippen LogP contribution in [0.1, 0.15) is 32.2 Å². The average molecular weight is 589 g/mol.